The number of hydrogen-bond donors (Lipinski definition) is 0. The van der Waals surface area contributed by atoms with Gasteiger partial charge in [0, 0.05) is 11.5 Å². The van der Waals surface area contributed by atoms with Gasteiger partial charge in [0.1, 0.15) is 11.8 Å². The molecule has 0 unspecified atom stereocenters. The Labute approximate surface area is 138 Å². The van der Waals surface area contributed by atoms with Gasteiger partial charge >= 0.3 is 5.97 Å². The van der Waals surface area contributed by atoms with Crippen molar-refractivity contribution in [2.75, 3.05) is 0 Å². The molecule has 0 radical (unpaired) electrons. The van der Waals surface area contributed by atoms with Gasteiger partial charge < -0.3 is 4.74 Å². The summed E-state index contributed by atoms with van der Waals surface area (Å²) in [6, 6.07) is 15.1. The summed E-state index contributed by atoms with van der Waals surface area (Å²) in [7, 11) is -3.84. The Morgan fingerprint density at radius 3 is 2.29 bits per heavy atom. The maximum Gasteiger partial charge on any atom is 0.336 e. The Morgan fingerprint density at radius 1 is 1.00 bits per heavy atom. The van der Waals surface area contributed by atoms with E-state index >= 15 is 0 Å². The van der Waals surface area contributed by atoms with Crippen molar-refractivity contribution in [3.05, 3.63) is 71.1 Å². The standard InChI is InChI=1S/C17H10N2O4S/c18-11-13-5-7-15(8-6-13)24(21,22)10-9-17(20)23-16-4-2-1-3-14(16)12-19/h1-10H/b10-9+. The average molecular weight is 338 g/mol. The number of carbonyl (C=O) groups excluding carboxylic acids is 1. The van der Waals surface area contributed by atoms with Crippen molar-refractivity contribution in [3.8, 4) is 17.9 Å². The molecule has 0 saturated carbocycles. The zero-order valence-corrected chi connectivity index (χ0v) is 13.0. The molecule has 0 atom stereocenters. The van der Waals surface area contributed by atoms with E-state index in [0.717, 1.165) is 6.08 Å². The minimum atomic E-state index is -3.84. The molecule has 0 aliphatic rings. The Bertz CT molecular complexity index is 978. The molecule has 7 heteroatoms. The lowest BCUT2D eigenvalue weighted by atomic mass is 10.2. The van der Waals surface area contributed by atoms with Crippen molar-refractivity contribution in [3.63, 3.8) is 0 Å². The quantitative estimate of drug-likeness (QED) is 0.481. The molecule has 0 aliphatic heterocycles. The first-order valence-electron chi connectivity index (χ1n) is 6.60. The van der Waals surface area contributed by atoms with Crippen molar-refractivity contribution in [2.45, 2.75) is 4.90 Å². The molecule has 6 nitrogen and oxygen atoms in total. The van der Waals surface area contributed by atoms with Crippen molar-refractivity contribution in [1.29, 1.82) is 10.5 Å². The fraction of sp³-hybridized carbons (Fsp3) is 0. The number of nitriles is 2. The molecule has 0 aliphatic carbocycles. The fourth-order valence-corrected chi connectivity index (χ4v) is 2.70. The number of nitrogens with zero attached hydrogens (tertiary/aromatic N) is 2. The van der Waals surface area contributed by atoms with E-state index in [4.69, 9.17) is 15.3 Å². The first kappa shape index (κ1) is 16.9. The minimum absolute atomic E-state index is 0.0467. The number of carbonyl (C=O) groups is 1. The molecular formula is C17H10N2O4S. The molecule has 118 valence electrons. The van der Waals surface area contributed by atoms with E-state index < -0.39 is 15.8 Å². The molecule has 2 aromatic carbocycles. The minimum Gasteiger partial charge on any atom is -0.422 e. The van der Waals surface area contributed by atoms with Gasteiger partial charge in [0.25, 0.3) is 0 Å². The lowest BCUT2D eigenvalue weighted by molar-refractivity contribution is -0.129. The normalized spacial score (nSPS) is 10.8. The maximum atomic E-state index is 12.1. The zero-order valence-electron chi connectivity index (χ0n) is 12.2. The predicted molar refractivity (Wildman–Crippen MR) is 84.3 cm³/mol. The van der Waals surface area contributed by atoms with Crippen LogP contribution >= 0.6 is 0 Å². The molecule has 0 N–H and O–H groups in total. The number of para-hydroxylation sites is 1. The number of sulfone groups is 1. The summed E-state index contributed by atoms with van der Waals surface area (Å²) in [6.07, 6.45) is 0.766. The van der Waals surface area contributed by atoms with Crippen molar-refractivity contribution < 1.29 is 17.9 Å². The highest BCUT2D eigenvalue weighted by molar-refractivity contribution is 7.94. The van der Waals surface area contributed by atoms with Gasteiger partial charge in [0.2, 0.25) is 0 Å². The van der Waals surface area contributed by atoms with Crippen LogP contribution in [0.5, 0.6) is 5.75 Å². The lowest BCUT2D eigenvalue weighted by Gasteiger charge is -2.03. The molecule has 0 fully saturated rings. The topological polar surface area (TPSA) is 108 Å². The smallest absolute Gasteiger partial charge is 0.336 e. The van der Waals surface area contributed by atoms with Crippen molar-refractivity contribution >= 4 is 15.8 Å². The van der Waals surface area contributed by atoms with Crippen LogP contribution in [0.15, 0.2) is 64.9 Å². The molecule has 0 aromatic heterocycles. The SMILES string of the molecule is N#Cc1ccc(S(=O)(=O)/C=C/C(=O)Oc2ccccc2C#N)cc1. The second-order valence-corrected chi connectivity index (χ2v) is 6.35. The summed E-state index contributed by atoms with van der Waals surface area (Å²) >= 11 is 0. The molecule has 0 spiro atoms. The summed E-state index contributed by atoms with van der Waals surface area (Å²) < 4.78 is 29.1. The van der Waals surface area contributed by atoms with E-state index in [0.29, 0.717) is 11.0 Å². The van der Waals surface area contributed by atoms with Crippen LogP contribution in [0.3, 0.4) is 0 Å². The van der Waals surface area contributed by atoms with Gasteiger partial charge in [0.05, 0.1) is 22.1 Å². The lowest BCUT2D eigenvalue weighted by Crippen LogP contribution is -2.06. The van der Waals surface area contributed by atoms with Gasteiger partial charge in [-0.3, -0.25) is 0 Å². The predicted octanol–water partition coefficient (Wildman–Crippen LogP) is 2.32. The van der Waals surface area contributed by atoms with Gasteiger partial charge in [0.15, 0.2) is 9.84 Å². The van der Waals surface area contributed by atoms with Crippen LogP contribution in [-0.4, -0.2) is 14.4 Å². The molecule has 24 heavy (non-hydrogen) atoms. The molecule has 2 rings (SSSR count). The van der Waals surface area contributed by atoms with E-state index in [9.17, 15) is 13.2 Å². The maximum absolute atomic E-state index is 12.1. The molecule has 0 saturated heterocycles. The van der Waals surface area contributed by atoms with Crippen molar-refractivity contribution in [2.24, 2.45) is 0 Å². The Morgan fingerprint density at radius 2 is 1.67 bits per heavy atom. The van der Waals surface area contributed by atoms with E-state index in [1.807, 2.05) is 12.1 Å². The Hall–Kier alpha value is -3.42. The summed E-state index contributed by atoms with van der Waals surface area (Å²) in [6.45, 7) is 0. The first-order chi connectivity index (χ1) is 11.5. The first-order valence-corrected chi connectivity index (χ1v) is 8.15. The molecule has 0 amide bonds. The highest BCUT2D eigenvalue weighted by Crippen LogP contribution is 2.17. The highest BCUT2D eigenvalue weighted by Gasteiger charge is 2.12. The van der Waals surface area contributed by atoms with E-state index in [2.05, 4.69) is 0 Å². The molecule has 0 bridgehead atoms. The van der Waals surface area contributed by atoms with Crippen molar-refractivity contribution in [1.82, 2.24) is 0 Å². The number of benzene rings is 2. The Balaban J connectivity index is 2.15. The van der Waals surface area contributed by atoms with Gasteiger partial charge in [-0.05, 0) is 36.4 Å². The van der Waals surface area contributed by atoms with Crippen LogP contribution < -0.4 is 4.74 Å². The van der Waals surface area contributed by atoms with Crippen LogP contribution in [0.2, 0.25) is 0 Å². The third-order valence-electron chi connectivity index (χ3n) is 2.91. The average Bonchev–Trinajstić information content (AvgIpc) is 2.60. The fourth-order valence-electron chi connectivity index (χ4n) is 1.73. The summed E-state index contributed by atoms with van der Waals surface area (Å²) in [5.74, 6) is -0.875. The third-order valence-corrected chi connectivity index (χ3v) is 4.34. The second kappa shape index (κ2) is 7.23. The largest absolute Gasteiger partial charge is 0.422 e. The Kier molecular flexibility index (Phi) is 5.10. The van der Waals surface area contributed by atoms with E-state index in [-0.39, 0.29) is 16.2 Å². The number of rotatable bonds is 4. The summed E-state index contributed by atoms with van der Waals surface area (Å²) in [5, 5.41) is 18.3. The highest BCUT2D eigenvalue weighted by atomic mass is 32.2. The van der Waals surface area contributed by atoms with Crippen LogP contribution in [0, 0.1) is 22.7 Å². The molecule has 2 aromatic rings. The van der Waals surface area contributed by atoms with Gasteiger partial charge in [-0.2, -0.15) is 10.5 Å². The molecule has 0 heterocycles. The third kappa shape index (κ3) is 4.07. The zero-order chi connectivity index (χ0) is 17.6. The van der Waals surface area contributed by atoms with Crippen LogP contribution in [0.4, 0.5) is 0 Å². The number of esters is 1. The summed E-state index contributed by atoms with van der Waals surface area (Å²) in [5.41, 5.74) is 0.486. The van der Waals surface area contributed by atoms with Crippen LogP contribution in [0.25, 0.3) is 0 Å². The number of ether oxygens (including phenoxy) is 1. The van der Waals surface area contributed by atoms with E-state index in [1.54, 1.807) is 12.1 Å². The number of hydrogen-bond acceptors (Lipinski definition) is 6. The summed E-state index contributed by atoms with van der Waals surface area (Å²) in [4.78, 5) is 11.7. The van der Waals surface area contributed by atoms with Gasteiger partial charge in [-0.1, -0.05) is 12.1 Å². The molecular weight excluding hydrogens is 328 g/mol. The van der Waals surface area contributed by atoms with Gasteiger partial charge in [-0.25, -0.2) is 13.2 Å². The van der Waals surface area contributed by atoms with Gasteiger partial charge in [-0.15, -0.1) is 0 Å². The van der Waals surface area contributed by atoms with Crippen LogP contribution in [0.1, 0.15) is 11.1 Å². The monoisotopic (exact) mass is 338 g/mol. The van der Waals surface area contributed by atoms with Crippen LogP contribution in [-0.2, 0) is 14.6 Å². The van der Waals surface area contributed by atoms with E-state index in [1.165, 1.54) is 36.4 Å². The second-order valence-electron chi connectivity index (χ2n) is 4.51.